The number of primary amides is 1. The number of rotatable bonds is 1. The van der Waals surface area contributed by atoms with Crippen molar-refractivity contribution in [3.8, 4) is 17.6 Å². The highest BCUT2D eigenvalue weighted by Gasteiger charge is 1.98. The summed E-state index contributed by atoms with van der Waals surface area (Å²) in [4.78, 5) is 10.3. The lowest BCUT2D eigenvalue weighted by Gasteiger charge is -1.99. The molecule has 1 aromatic carbocycles. The molecule has 0 atom stereocenters. The predicted molar refractivity (Wildman–Crippen MR) is 49.0 cm³/mol. The monoisotopic (exact) mass is 193 g/mol. The molecule has 0 heterocycles. The maximum atomic E-state index is 12.9. The number of carbonyl (C=O) groups is 1. The standard InChI is InChI=1S/C10H8FNO2/c1-14-9-5-7(2-3-10(12)13)4-8(11)6-9/h4-6H,1H3,(H2,12,13). The normalized spacial score (nSPS) is 8.71. The molecular formula is C10H8FNO2. The van der Waals surface area contributed by atoms with Crippen LogP contribution in [0.3, 0.4) is 0 Å². The van der Waals surface area contributed by atoms with Crippen LogP contribution in [-0.2, 0) is 4.79 Å². The number of nitrogens with two attached hydrogens (primary N) is 1. The maximum Gasteiger partial charge on any atom is 0.293 e. The Balaban J connectivity index is 3.05. The van der Waals surface area contributed by atoms with Crippen LogP contribution in [0.15, 0.2) is 18.2 Å². The molecule has 0 saturated heterocycles. The first-order valence-corrected chi connectivity index (χ1v) is 3.78. The van der Waals surface area contributed by atoms with E-state index in [1.165, 1.54) is 25.3 Å². The summed E-state index contributed by atoms with van der Waals surface area (Å²) in [6, 6.07) is 3.92. The SMILES string of the molecule is COc1cc(F)cc(C#CC(N)=O)c1. The molecule has 0 aliphatic carbocycles. The Morgan fingerprint density at radius 3 is 2.79 bits per heavy atom. The number of carbonyl (C=O) groups excluding carboxylic acids is 1. The van der Waals surface area contributed by atoms with Crippen molar-refractivity contribution in [2.45, 2.75) is 0 Å². The molecule has 72 valence electrons. The van der Waals surface area contributed by atoms with Crippen LogP contribution in [0.1, 0.15) is 5.56 Å². The number of methoxy groups -OCH3 is 1. The van der Waals surface area contributed by atoms with Crippen molar-refractivity contribution < 1.29 is 13.9 Å². The van der Waals surface area contributed by atoms with E-state index < -0.39 is 11.7 Å². The molecule has 14 heavy (non-hydrogen) atoms. The fraction of sp³-hybridized carbons (Fsp3) is 0.100. The topological polar surface area (TPSA) is 52.3 Å². The van der Waals surface area contributed by atoms with Crippen molar-refractivity contribution in [3.05, 3.63) is 29.6 Å². The van der Waals surface area contributed by atoms with Crippen LogP contribution >= 0.6 is 0 Å². The molecule has 0 saturated carbocycles. The molecule has 0 aliphatic heterocycles. The van der Waals surface area contributed by atoms with E-state index in [0.717, 1.165) is 0 Å². The van der Waals surface area contributed by atoms with Gasteiger partial charge in [0.05, 0.1) is 7.11 Å². The second-order valence-electron chi connectivity index (χ2n) is 2.49. The van der Waals surface area contributed by atoms with Crippen molar-refractivity contribution in [2.75, 3.05) is 7.11 Å². The van der Waals surface area contributed by atoms with Gasteiger partial charge in [-0.1, -0.05) is 5.92 Å². The van der Waals surface area contributed by atoms with E-state index in [2.05, 4.69) is 11.8 Å². The Morgan fingerprint density at radius 2 is 2.21 bits per heavy atom. The lowest BCUT2D eigenvalue weighted by Crippen LogP contribution is -2.06. The molecule has 1 rings (SSSR count). The highest BCUT2D eigenvalue weighted by Crippen LogP contribution is 2.14. The third-order valence-corrected chi connectivity index (χ3v) is 1.44. The number of ether oxygens (including phenoxy) is 1. The Bertz CT molecular complexity index is 418. The third kappa shape index (κ3) is 2.79. The van der Waals surface area contributed by atoms with Gasteiger partial charge < -0.3 is 10.5 Å². The molecule has 0 radical (unpaired) electrons. The lowest BCUT2D eigenvalue weighted by atomic mass is 10.2. The number of amides is 1. The van der Waals surface area contributed by atoms with Crippen LogP contribution < -0.4 is 10.5 Å². The summed E-state index contributed by atoms with van der Waals surface area (Å²) in [5.74, 6) is 3.64. The van der Waals surface area contributed by atoms with Gasteiger partial charge in [-0.2, -0.15) is 0 Å². The number of benzene rings is 1. The second-order valence-corrected chi connectivity index (χ2v) is 2.49. The smallest absolute Gasteiger partial charge is 0.293 e. The Hall–Kier alpha value is -2.02. The summed E-state index contributed by atoms with van der Waals surface area (Å²) in [7, 11) is 1.42. The van der Waals surface area contributed by atoms with Gasteiger partial charge in [0.2, 0.25) is 0 Å². The van der Waals surface area contributed by atoms with Gasteiger partial charge in [-0.15, -0.1) is 0 Å². The first-order chi connectivity index (χ1) is 6.61. The molecule has 1 aromatic rings. The van der Waals surface area contributed by atoms with Crippen LogP contribution in [0.5, 0.6) is 5.75 Å². The van der Waals surface area contributed by atoms with Gasteiger partial charge in [-0.05, 0) is 18.1 Å². The summed E-state index contributed by atoms with van der Waals surface area (Å²) in [6.07, 6.45) is 0. The van der Waals surface area contributed by atoms with Gasteiger partial charge in [-0.3, -0.25) is 4.79 Å². The summed E-state index contributed by atoms with van der Waals surface area (Å²) in [5.41, 5.74) is 5.16. The molecule has 0 aliphatic rings. The summed E-state index contributed by atoms with van der Waals surface area (Å²) >= 11 is 0. The van der Waals surface area contributed by atoms with Crippen molar-refractivity contribution >= 4 is 5.91 Å². The quantitative estimate of drug-likeness (QED) is 0.666. The maximum absolute atomic E-state index is 12.9. The molecule has 1 amide bonds. The molecule has 3 nitrogen and oxygen atoms in total. The largest absolute Gasteiger partial charge is 0.497 e. The van der Waals surface area contributed by atoms with Crippen molar-refractivity contribution in [1.82, 2.24) is 0 Å². The number of halogens is 1. The van der Waals surface area contributed by atoms with Gasteiger partial charge in [0, 0.05) is 11.6 Å². The molecule has 0 aromatic heterocycles. The van der Waals surface area contributed by atoms with Gasteiger partial charge in [0.1, 0.15) is 11.6 Å². The van der Waals surface area contributed by atoms with Crippen LogP contribution in [-0.4, -0.2) is 13.0 Å². The van der Waals surface area contributed by atoms with Gasteiger partial charge in [0.25, 0.3) is 5.91 Å². The van der Waals surface area contributed by atoms with E-state index in [1.807, 2.05) is 0 Å². The third-order valence-electron chi connectivity index (χ3n) is 1.44. The first-order valence-electron chi connectivity index (χ1n) is 3.78. The summed E-state index contributed by atoms with van der Waals surface area (Å²) < 4.78 is 17.7. The van der Waals surface area contributed by atoms with E-state index in [1.54, 1.807) is 0 Å². The van der Waals surface area contributed by atoms with E-state index in [4.69, 9.17) is 10.5 Å². The van der Waals surface area contributed by atoms with Crippen molar-refractivity contribution in [2.24, 2.45) is 5.73 Å². The van der Waals surface area contributed by atoms with Crippen LogP contribution in [0.4, 0.5) is 4.39 Å². The molecule has 2 N–H and O–H groups in total. The highest BCUT2D eigenvalue weighted by atomic mass is 19.1. The highest BCUT2D eigenvalue weighted by molar-refractivity contribution is 5.92. The molecule has 0 unspecified atom stereocenters. The minimum atomic E-state index is -0.756. The van der Waals surface area contributed by atoms with Crippen LogP contribution in [0.25, 0.3) is 0 Å². The Labute approximate surface area is 80.7 Å². The molecular weight excluding hydrogens is 185 g/mol. The molecule has 0 fully saturated rings. The summed E-state index contributed by atoms with van der Waals surface area (Å²) in [5, 5.41) is 0. The van der Waals surface area contributed by atoms with E-state index >= 15 is 0 Å². The zero-order chi connectivity index (χ0) is 10.6. The average Bonchev–Trinajstić information content (AvgIpc) is 2.14. The first kappa shape index (κ1) is 10.1. The van der Waals surface area contributed by atoms with E-state index in [0.29, 0.717) is 11.3 Å². The summed E-state index contributed by atoms with van der Waals surface area (Å²) in [6.45, 7) is 0. The molecule has 0 spiro atoms. The fourth-order valence-corrected chi connectivity index (χ4v) is 0.887. The zero-order valence-electron chi connectivity index (χ0n) is 7.50. The minimum Gasteiger partial charge on any atom is -0.497 e. The Kier molecular flexibility index (Phi) is 3.08. The van der Waals surface area contributed by atoms with E-state index in [-0.39, 0.29) is 0 Å². The molecule has 4 heteroatoms. The predicted octanol–water partition coefficient (Wildman–Crippen LogP) is 0.671. The second kappa shape index (κ2) is 4.28. The molecule has 0 bridgehead atoms. The van der Waals surface area contributed by atoms with Crippen LogP contribution in [0.2, 0.25) is 0 Å². The number of hydrogen-bond acceptors (Lipinski definition) is 2. The van der Waals surface area contributed by atoms with Crippen molar-refractivity contribution in [3.63, 3.8) is 0 Å². The van der Waals surface area contributed by atoms with Crippen LogP contribution in [0, 0.1) is 17.7 Å². The van der Waals surface area contributed by atoms with E-state index in [9.17, 15) is 9.18 Å². The van der Waals surface area contributed by atoms with Gasteiger partial charge >= 0.3 is 0 Å². The Morgan fingerprint density at radius 1 is 1.50 bits per heavy atom. The average molecular weight is 193 g/mol. The van der Waals surface area contributed by atoms with Crippen molar-refractivity contribution in [1.29, 1.82) is 0 Å². The van der Waals surface area contributed by atoms with Gasteiger partial charge in [-0.25, -0.2) is 4.39 Å². The fourth-order valence-electron chi connectivity index (χ4n) is 0.887. The number of hydrogen-bond donors (Lipinski definition) is 1. The zero-order valence-corrected chi connectivity index (χ0v) is 7.50. The minimum absolute atomic E-state index is 0.346. The lowest BCUT2D eigenvalue weighted by molar-refractivity contribution is -0.112. The van der Waals surface area contributed by atoms with Gasteiger partial charge in [0.15, 0.2) is 0 Å².